The van der Waals surface area contributed by atoms with Crippen LogP contribution in [0.1, 0.15) is 11.1 Å². The number of ether oxygens (including phenoxy) is 1. The van der Waals surface area contributed by atoms with Gasteiger partial charge in [0.2, 0.25) is 0 Å². The van der Waals surface area contributed by atoms with E-state index in [-0.39, 0.29) is 17.1 Å². The molecule has 3 rings (SSSR count). The van der Waals surface area contributed by atoms with Gasteiger partial charge in [-0.3, -0.25) is 4.79 Å². The van der Waals surface area contributed by atoms with Crippen molar-refractivity contribution in [2.75, 3.05) is 7.11 Å². The van der Waals surface area contributed by atoms with Gasteiger partial charge in [-0.05, 0) is 35.9 Å². The Morgan fingerprint density at radius 1 is 1.25 bits per heavy atom. The number of benzene rings is 2. The van der Waals surface area contributed by atoms with Crippen LogP contribution < -0.4 is 4.74 Å². The van der Waals surface area contributed by atoms with Crippen molar-refractivity contribution < 1.29 is 28.9 Å². The Hall–Kier alpha value is -3.32. The van der Waals surface area contributed by atoms with Gasteiger partial charge in [-0.25, -0.2) is 9.18 Å². The monoisotopic (exact) mass is 403 g/mol. The third-order valence-electron chi connectivity index (χ3n) is 4.12. The molecule has 0 fully saturated rings. The molecule has 2 aromatic carbocycles. The van der Waals surface area contributed by atoms with Crippen LogP contribution in [0.3, 0.4) is 0 Å². The molecule has 0 spiro atoms. The number of rotatable bonds is 6. The van der Waals surface area contributed by atoms with Crippen LogP contribution >= 0.6 is 11.6 Å². The van der Waals surface area contributed by atoms with E-state index in [0.29, 0.717) is 28.3 Å². The largest absolute Gasteiger partial charge is 0.507 e. The molecule has 6 nitrogen and oxygen atoms in total. The van der Waals surface area contributed by atoms with Crippen LogP contribution in [0, 0.1) is 5.82 Å². The Balaban J connectivity index is 2.17. The van der Waals surface area contributed by atoms with E-state index < -0.39 is 23.3 Å². The Morgan fingerprint density at radius 2 is 2.00 bits per heavy atom. The predicted molar refractivity (Wildman–Crippen MR) is 102 cm³/mol. The number of halogens is 2. The van der Waals surface area contributed by atoms with Crippen molar-refractivity contribution in [1.82, 2.24) is 4.57 Å². The highest BCUT2D eigenvalue weighted by Gasteiger charge is 2.18. The molecule has 1 aromatic heterocycles. The summed E-state index contributed by atoms with van der Waals surface area (Å²) in [6.45, 7) is 0.224. The second kappa shape index (κ2) is 7.74. The first-order chi connectivity index (χ1) is 13.3. The summed E-state index contributed by atoms with van der Waals surface area (Å²) in [6, 6.07) is 9.31. The number of aliphatic carboxylic acids is 1. The highest BCUT2D eigenvalue weighted by atomic mass is 35.5. The van der Waals surface area contributed by atoms with Crippen LogP contribution in [0.25, 0.3) is 16.7 Å². The maximum atomic E-state index is 13.7. The molecule has 0 aliphatic rings. The van der Waals surface area contributed by atoms with Gasteiger partial charge in [0, 0.05) is 29.4 Å². The number of carbonyl (C=O) groups excluding carboxylic acids is 1. The summed E-state index contributed by atoms with van der Waals surface area (Å²) in [5, 5.41) is 19.8. The van der Waals surface area contributed by atoms with Crippen molar-refractivity contribution in [3.63, 3.8) is 0 Å². The fourth-order valence-corrected chi connectivity index (χ4v) is 3.22. The van der Waals surface area contributed by atoms with E-state index in [4.69, 9.17) is 21.4 Å². The summed E-state index contributed by atoms with van der Waals surface area (Å²) in [5.41, 5.74) is 1.43. The lowest BCUT2D eigenvalue weighted by Gasteiger charge is -2.08. The number of hydrogen-bond acceptors (Lipinski definition) is 4. The van der Waals surface area contributed by atoms with Crippen LogP contribution in [-0.2, 0) is 16.1 Å². The first-order valence-corrected chi connectivity index (χ1v) is 8.47. The molecule has 0 amide bonds. The summed E-state index contributed by atoms with van der Waals surface area (Å²) in [6.07, 6.45) is 2.17. The molecular weight excluding hydrogens is 389 g/mol. The SMILES string of the molecule is COc1cccc2c1c(C(O)=CC(=O)C(=O)O)cn2Cc1cc(F)cc(Cl)c1. The zero-order valence-electron chi connectivity index (χ0n) is 14.6. The average molecular weight is 404 g/mol. The van der Waals surface area contributed by atoms with E-state index in [1.54, 1.807) is 28.8 Å². The molecule has 0 aliphatic carbocycles. The zero-order chi connectivity index (χ0) is 20.4. The van der Waals surface area contributed by atoms with Crippen molar-refractivity contribution in [1.29, 1.82) is 0 Å². The highest BCUT2D eigenvalue weighted by molar-refractivity contribution is 6.38. The van der Waals surface area contributed by atoms with E-state index in [1.165, 1.54) is 25.4 Å². The summed E-state index contributed by atoms with van der Waals surface area (Å²) < 4.78 is 20.7. The smallest absolute Gasteiger partial charge is 0.376 e. The molecule has 0 bridgehead atoms. The number of hydrogen-bond donors (Lipinski definition) is 2. The normalized spacial score (nSPS) is 11.6. The van der Waals surface area contributed by atoms with Gasteiger partial charge in [0.05, 0.1) is 18.0 Å². The molecule has 0 aliphatic heterocycles. The Morgan fingerprint density at radius 3 is 2.64 bits per heavy atom. The summed E-state index contributed by atoms with van der Waals surface area (Å²) >= 11 is 5.91. The van der Waals surface area contributed by atoms with Crippen molar-refractivity contribution in [3.05, 3.63) is 70.6 Å². The lowest BCUT2D eigenvalue weighted by atomic mass is 10.1. The van der Waals surface area contributed by atoms with Crippen LogP contribution in [-0.4, -0.2) is 33.6 Å². The lowest BCUT2D eigenvalue weighted by Crippen LogP contribution is -2.09. The number of fused-ring (bicyclic) bond motifs is 1. The number of aromatic nitrogens is 1. The van der Waals surface area contributed by atoms with E-state index in [2.05, 4.69) is 0 Å². The molecular formula is C20H15ClFNO5. The lowest BCUT2D eigenvalue weighted by molar-refractivity contribution is -0.146. The molecule has 0 radical (unpaired) electrons. The van der Waals surface area contributed by atoms with Crippen molar-refractivity contribution in [2.45, 2.75) is 6.54 Å². The van der Waals surface area contributed by atoms with Gasteiger partial charge < -0.3 is 19.5 Å². The number of carbonyl (C=O) groups is 2. The van der Waals surface area contributed by atoms with Gasteiger partial charge in [-0.15, -0.1) is 0 Å². The highest BCUT2D eigenvalue weighted by Crippen LogP contribution is 2.34. The van der Waals surface area contributed by atoms with Gasteiger partial charge in [0.25, 0.3) is 5.78 Å². The van der Waals surface area contributed by atoms with E-state index in [9.17, 15) is 19.1 Å². The first kappa shape index (κ1) is 19.4. The van der Waals surface area contributed by atoms with E-state index in [1.807, 2.05) is 0 Å². The summed E-state index contributed by atoms with van der Waals surface area (Å²) in [5.74, 6) is -3.52. The molecule has 1 heterocycles. The number of ketones is 1. The minimum atomic E-state index is -1.68. The third kappa shape index (κ3) is 3.84. The molecule has 2 N–H and O–H groups in total. The van der Waals surface area contributed by atoms with Gasteiger partial charge >= 0.3 is 5.97 Å². The molecule has 0 atom stereocenters. The Kier molecular flexibility index (Phi) is 5.37. The molecule has 0 saturated carbocycles. The first-order valence-electron chi connectivity index (χ1n) is 8.09. The number of carboxylic acid groups (broad SMARTS) is 1. The van der Waals surface area contributed by atoms with Crippen LogP contribution in [0.15, 0.2) is 48.7 Å². The summed E-state index contributed by atoms with van der Waals surface area (Å²) in [7, 11) is 1.45. The Labute approximate surface area is 164 Å². The summed E-state index contributed by atoms with van der Waals surface area (Å²) in [4.78, 5) is 22.2. The van der Waals surface area contributed by atoms with E-state index >= 15 is 0 Å². The standard InChI is InChI=1S/C20H15ClFNO5/c1-28-18-4-2-3-15-19(18)14(16(24)8-17(25)20(26)27)10-23(15)9-11-5-12(21)7-13(22)6-11/h2-8,10,24H,9H2,1H3,(H,26,27). The molecule has 144 valence electrons. The minimum absolute atomic E-state index is 0.213. The number of aliphatic hydroxyl groups is 1. The fraction of sp³-hybridized carbons (Fsp3) is 0.100. The fourth-order valence-electron chi connectivity index (χ4n) is 2.98. The molecule has 3 aromatic rings. The molecule has 28 heavy (non-hydrogen) atoms. The van der Waals surface area contributed by atoms with E-state index in [0.717, 1.165) is 0 Å². The number of aliphatic hydroxyl groups excluding tert-OH is 1. The number of methoxy groups -OCH3 is 1. The number of carboxylic acids is 1. The maximum Gasteiger partial charge on any atom is 0.376 e. The van der Waals surface area contributed by atoms with Crippen LogP contribution in [0.5, 0.6) is 5.75 Å². The van der Waals surface area contributed by atoms with Crippen LogP contribution in [0.2, 0.25) is 5.02 Å². The predicted octanol–water partition coefficient (Wildman–Crippen LogP) is 4.04. The Bertz CT molecular complexity index is 1100. The quantitative estimate of drug-likeness (QED) is 0.368. The third-order valence-corrected chi connectivity index (χ3v) is 4.34. The second-order valence-corrected chi connectivity index (χ2v) is 6.44. The zero-order valence-corrected chi connectivity index (χ0v) is 15.4. The van der Waals surface area contributed by atoms with Crippen LogP contribution in [0.4, 0.5) is 4.39 Å². The van der Waals surface area contributed by atoms with Gasteiger partial charge in [-0.2, -0.15) is 0 Å². The van der Waals surface area contributed by atoms with Gasteiger partial charge in [0.1, 0.15) is 17.3 Å². The molecule has 0 saturated heterocycles. The minimum Gasteiger partial charge on any atom is -0.507 e. The van der Waals surface area contributed by atoms with Crippen molar-refractivity contribution >= 4 is 40.0 Å². The average Bonchev–Trinajstić information content (AvgIpc) is 2.99. The molecule has 8 heteroatoms. The van der Waals surface area contributed by atoms with Gasteiger partial charge in [0.15, 0.2) is 0 Å². The van der Waals surface area contributed by atoms with Crippen molar-refractivity contribution in [3.8, 4) is 5.75 Å². The van der Waals surface area contributed by atoms with Crippen molar-refractivity contribution in [2.24, 2.45) is 0 Å². The maximum absolute atomic E-state index is 13.7. The molecule has 0 unspecified atom stereocenters. The van der Waals surface area contributed by atoms with Gasteiger partial charge in [-0.1, -0.05) is 17.7 Å². The second-order valence-electron chi connectivity index (χ2n) is 6.00. The number of nitrogens with zero attached hydrogens (tertiary/aromatic N) is 1. The topological polar surface area (TPSA) is 88.8 Å².